The maximum Gasteiger partial charge on any atom is 0.398 e. The van der Waals surface area contributed by atoms with E-state index in [4.69, 9.17) is 0 Å². The Balaban J connectivity index is 2.62. The lowest BCUT2D eigenvalue weighted by Crippen LogP contribution is -1.64. The van der Waals surface area contributed by atoms with Gasteiger partial charge in [-0.15, -0.1) is 0 Å². The van der Waals surface area contributed by atoms with Gasteiger partial charge in [0.1, 0.15) is 0 Å². The number of hydrogen-bond donors (Lipinski definition) is 0. The summed E-state index contributed by atoms with van der Waals surface area (Å²) in [6.45, 7) is 0. The van der Waals surface area contributed by atoms with Crippen LogP contribution < -0.4 is 4.52 Å². The zero-order valence-electron chi connectivity index (χ0n) is 3.90. The van der Waals surface area contributed by atoms with Crippen LogP contribution in [0.1, 0.15) is 0 Å². The van der Waals surface area contributed by atoms with Crippen molar-refractivity contribution in [3.8, 4) is 5.95 Å². The lowest BCUT2D eigenvalue weighted by atomic mass is 10.7. The molecule has 0 saturated carbocycles. The zero-order valence-corrected chi connectivity index (χ0v) is 4.80. The SMILES string of the molecule is O=POc1ccco1. The van der Waals surface area contributed by atoms with Crippen LogP contribution in [-0.4, -0.2) is 0 Å². The minimum Gasteiger partial charge on any atom is -0.434 e. The molecule has 0 aliphatic rings. The second-order valence-electron chi connectivity index (χ2n) is 1.10. The summed E-state index contributed by atoms with van der Waals surface area (Å²) in [5, 5.41) is 0. The molecule has 0 bridgehead atoms. The Morgan fingerprint density at radius 3 is 3.12 bits per heavy atom. The van der Waals surface area contributed by atoms with Crippen LogP contribution in [-0.2, 0) is 4.57 Å². The third-order valence-corrected chi connectivity index (χ3v) is 0.877. The van der Waals surface area contributed by atoms with Crippen LogP contribution >= 0.6 is 8.69 Å². The first-order chi connectivity index (χ1) is 3.93. The average molecular weight is 130 g/mol. The topological polar surface area (TPSA) is 39.4 Å². The summed E-state index contributed by atoms with van der Waals surface area (Å²) in [7, 11) is -0.388. The largest absolute Gasteiger partial charge is 0.434 e. The van der Waals surface area contributed by atoms with E-state index in [1.165, 1.54) is 6.26 Å². The smallest absolute Gasteiger partial charge is 0.398 e. The Kier molecular flexibility index (Phi) is 1.65. The summed E-state index contributed by atoms with van der Waals surface area (Å²) in [4.78, 5) is 0. The van der Waals surface area contributed by atoms with Crippen LogP contribution in [0, 0.1) is 0 Å². The molecule has 0 radical (unpaired) electrons. The van der Waals surface area contributed by atoms with Crippen molar-refractivity contribution in [1.82, 2.24) is 0 Å². The van der Waals surface area contributed by atoms with E-state index >= 15 is 0 Å². The third-order valence-electron chi connectivity index (χ3n) is 0.622. The molecule has 0 N–H and O–H groups in total. The van der Waals surface area contributed by atoms with Crippen molar-refractivity contribution >= 4 is 8.69 Å². The molecular formula is C4H3O3P. The molecule has 1 rings (SSSR count). The van der Waals surface area contributed by atoms with Gasteiger partial charge < -0.3 is 8.94 Å². The maximum absolute atomic E-state index is 9.69. The third kappa shape index (κ3) is 1.07. The molecule has 0 amide bonds. The highest BCUT2D eigenvalue weighted by atomic mass is 31.1. The highest BCUT2D eigenvalue weighted by molar-refractivity contribution is 7.17. The number of hydrogen-bond acceptors (Lipinski definition) is 3. The Morgan fingerprint density at radius 1 is 1.75 bits per heavy atom. The predicted molar refractivity (Wildman–Crippen MR) is 26.9 cm³/mol. The normalized spacial score (nSPS) is 9.50. The van der Waals surface area contributed by atoms with E-state index in [1.807, 2.05) is 0 Å². The fourth-order valence-corrected chi connectivity index (χ4v) is 0.530. The van der Waals surface area contributed by atoms with E-state index in [0.29, 0.717) is 0 Å². The molecule has 1 aromatic heterocycles. The first kappa shape index (κ1) is 5.32. The molecule has 0 unspecified atom stereocenters. The molecule has 0 saturated heterocycles. The van der Waals surface area contributed by atoms with Crippen molar-refractivity contribution in [2.24, 2.45) is 0 Å². The minimum atomic E-state index is -0.388. The van der Waals surface area contributed by atoms with Gasteiger partial charge >= 0.3 is 8.69 Å². The summed E-state index contributed by atoms with van der Waals surface area (Å²) in [5.41, 5.74) is 0. The van der Waals surface area contributed by atoms with Gasteiger partial charge in [-0.1, -0.05) is 0 Å². The van der Waals surface area contributed by atoms with Crippen molar-refractivity contribution in [3.63, 3.8) is 0 Å². The van der Waals surface area contributed by atoms with E-state index in [9.17, 15) is 4.57 Å². The van der Waals surface area contributed by atoms with Crippen molar-refractivity contribution in [2.45, 2.75) is 0 Å². The molecule has 0 aliphatic heterocycles. The monoisotopic (exact) mass is 130 g/mol. The van der Waals surface area contributed by atoms with Crippen LogP contribution in [0.3, 0.4) is 0 Å². The number of furan rings is 1. The van der Waals surface area contributed by atoms with Gasteiger partial charge in [-0.2, -0.15) is 0 Å². The van der Waals surface area contributed by atoms with E-state index in [-0.39, 0.29) is 14.6 Å². The summed E-state index contributed by atoms with van der Waals surface area (Å²) >= 11 is 0. The van der Waals surface area contributed by atoms with Gasteiger partial charge in [0.25, 0.3) is 5.95 Å². The fraction of sp³-hybridized carbons (Fsp3) is 0. The van der Waals surface area contributed by atoms with Crippen molar-refractivity contribution in [2.75, 3.05) is 0 Å². The first-order valence-corrected chi connectivity index (χ1v) is 2.69. The van der Waals surface area contributed by atoms with E-state index in [2.05, 4.69) is 8.94 Å². The van der Waals surface area contributed by atoms with E-state index in [1.54, 1.807) is 12.1 Å². The van der Waals surface area contributed by atoms with Gasteiger partial charge in [-0.25, -0.2) is 4.57 Å². The first-order valence-electron chi connectivity index (χ1n) is 1.96. The van der Waals surface area contributed by atoms with Gasteiger partial charge in [-0.05, 0) is 6.07 Å². The molecule has 0 spiro atoms. The maximum atomic E-state index is 9.69. The second kappa shape index (κ2) is 2.48. The Hall–Kier alpha value is -0.820. The van der Waals surface area contributed by atoms with Gasteiger partial charge in [0.2, 0.25) is 0 Å². The van der Waals surface area contributed by atoms with Gasteiger partial charge in [0.05, 0.1) is 6.26 Å². The quantitative estimate of drug-likeness (QED) is 0.573. The van der Waals surface area contributed by atoms with Gasteiger partial charge in [-0.3, -0.25) is 0 Å². The molecule has 42 valence electrons. The van der Waals surface area contributed by atoms with Crippen LogP contribution in [0.15, 0.2) is 22.8 Å². The molecule has 4 heteroatoms. The highest BCUT2D eigenvalue weighted by Crippen LogP contribution is 2.13. The Bertz CT molecular complexity index is 158. The van der Waals surface area contributed by atoms with Gasteiger partial charge in [0, 0.05) is 6.07 Å². The van der Waals surface area contributed by atoms with Crippen molar-refractivity contribution in [1.29, 1.82) is 0 Å². The summed E-state index contributed by atoms with van der Waals surface area (Å²) in [6, 6.07) is 3.23. The lowest BCUT2D eigenvalue weighted by Gasteiger charge is -1.81. The molecule has 8 heavy (non-hydrogen) atoms. The predicted octanol–water partition coefficient (Wildman–Crippen LogP) is 1.87. The second-order valence-corrected chi connectivity index (χ2v) is 1.43. The summed E-state index contributed by atoms with van der Waals surface area (Å²) in [6.07, 6.45) is 1.44. The van der Waals surface area contributed by atoms with Crippen LogP contribution in [0.5, 0.6) is 5.95 Å². The van der Waals surface area contributed by atoms with E-state index in [0.717, 1.165) is 0 Å². The molecular weight excluding hydrogens is 127 g/mol. The molecule has 1 heterocycles. The van der Waals surface area contributed by atoms with Gasteiger partial charge in [0.15, 0.2) is 0 Å². The lowest BCUT2D eigenvalue weighted by molar-refractivity contribution is 0.401. The van der Waals surface area contributed by atoms with Crippen molar-refractivity contribution < 1.29 is 13.5 Å². The van der Waals surface area contributed by atoms with Crippen LogP contribution in [0.2, 0.25) is 0 Å². The fourth-order valence-electron chi connectivity index (χ4n) is 0.352. The average Bonchev–Trinajstić information content (AvgIpc) is 2.19. The van der Waals surface area contributed by atoms with Crippen molar-refractivity contribution in [3.05, 3.63) is 18.4 Å². The zero-order chi connectivity index (χ0) is 5.82. The standard InChI is InChI=1S/C4H3O3P/c5-8-7-4-2-1-3-6-4/h1-3H. The summed E-state index contributed by atoms with van der Waals surface area (Å²) in [5.74, 6) is 0.265. The molecule has 0 fully saturated rings. The molecule has 1 aromatic rings. The molecule has 3 nitrogen and oxygen atoms in total. The van der Waals surface area contributed by atoms with E-state index < -0.39 is 0 Å². The minimum absolute atomic E-state index is 0.265. The Morgan fingerprint density at radius 2 is 2.62 bits per heavy atom. The molecule has 0 atom stereocenters. The Labute approximate surface area is 47.5 Å². The molecule has 0 aliphatic carbocycles. The molecule has 0 aromatic carbocycles. The van der Waals surface area contributed by atoms with Crippen LogP contribution in [0.25, 0.3) is 0 Å². The highest BCUT2D eigenvalue weighted by Gasteiger charge is 1.90. The number of rotatable bonds is 2. The summed E-state index contributed by atoms with van der Waals surface area (Å²) < 4.78 is 18.7. The van der Waals surface area contributed by atoms with Crippen LogP contribution in [0.4, 0.5) is 0 Å².